The zero-order valence-corrected chi connectivity index (χ0v) is 30.9. The van der Waals surface area contributed by atoms with Crippen LogP contribution in [0, 0.1) is 0 Å². The summed E-state index contributed by atoms with van der Waals surface area (Å²) in [6.45, 7) is 3.01. The third kappa shape index (κ3) is 9.68. The SMILES string of the molecule is CCOC(=O)N1CCN(C(=O)C(CCC(=O)OC2CCCC2)NC(=O)c2cc(OCC(=O)N3CCCC3C(=O)NC3CCC3)n(-c3ccccc3)n2)CC1. The third-order valence-electron chi connectivity index (χ3n) is 10.5. The van der Waals surface area contributed by atoms with E-state index in [1.165, 1.54) is 15.6 Å². The number of hydrogen-bond donors (Lipinski definition) is 2. The fraction of sp³-hybridized carbons (Fsp3) is 0.605. The second-order valence-corrected chi connectivity index (χ2v) is 14.3. The van der Waals surface area contributed by atoms with Crippen molar-refractivity contribution in [3.05, 3.63) is 42.1 Å². The van der Waals surface area contributed by atoms with Gasteiger partial charge in [-0.25, -0.2) is 9.48 Å². The first-order valence-corrected chi connectivity index (χ1v) is 19.3. The largest absolute Gasteiger partial charge is 0.467 e. The summed E-state index contributed by atoms with van der Waals surface area (Å²) in [6.07, 6.45) is 7.22. The highest BCUT2D eigenvalue weighted by molar-refractivity contribution is 5.96. The number of hydrogen-bond acceptors (Lipinski definition) is 10. The number of carbonyl (C=O) groups is 6. The first kappa shape index (κ1) is 38.6. The van der Waals surface area contributed by atoms with Crippen molar-refractivity contribution < 1.29 is 43.0 Å². The van der Waals surface area contributed by atoms with Crippen molar-refractivity contribution in [2.75, 3.05) is 45.9 Å². The first-order valence-electron chi connectivity index (χ1n) is 19.3. The number of carbonyl (C=O) groups excluding carboxylic acids is 6. The highest BCUT2D eigenvalue weighted by Crippen LogP contribution is 2.25. The van der Waals surface area contributed by atoms with Gasteiger partial charge < -0.3 is 39.5 Å². The van der Waals surface area contributed by atoms with Crippen molar-refractivity contribution in [3.63, 3.8) is 0 Å². The molecule has 16 nitrogen and oxygen atoms in total. The minimum absolute atomic E-state index is 0.00318. The zero-order valence-electron chi connectivity index (χ0n) is 30.9. The minimum atomic E-state index is -1.09. The maximum Gasteiger partial charge on any atom is 0.409 e. The fourth-order valence-electron chi connectivity index (χ4n) is 7.29. The van der Waals surface area contributed by atoms with Crippen LogP contribution >= 0.6 is 0 Å². The lowest BCUT2D eigenvalue weighted by Crippen LogP contribution is -2.56. The summed E-state index contributed by atoms with van der Waals surface area (Å²) < 4.78 is 18.1. The zero-order chi connectivity index (χ0) is 38.0. The van der Waals surface area contributed by atoms with E-state index in [4.69, 9.17) is 14.2 Å². The molecule has 0 bridgehead atoms. The Morgan fingerprint density at radius 1 is 0.870 bits per heavy atom. The number of amides is 5. The molecule has 5 amide bonds. The van der Waals surface area contributed by atoms with Gasteiger partial charge in [-0.3, -0.25) is 24.0 Å². The van der Waals surface area contributed by atoms with Crippen molar-refractivity contribution in [3.8, 4) is 11.6 Å². The second-order valence-electron chi connectivity index (χ2n) is 14.3. The number of likely N-dealkylation sites (tertiary alicyclic amines) is 1. The van der Waals surface area contributed by atoms with E-state index < -0.39 is 36.0 Å². The van der Waals surface area contributed by atoms with E-state index in [-0.39, 0.29) is 87.8 Å². The molecule has 2 aromatic rings. The lowest BCUT2D eigenvalue weighted by Gasteiger charge is -2.35. The van der Waals surface area contributed by atoms with Gasteiger partial charge in [0.1, 0.15) is 18.2 Å². The molecule has 2 N–H and O–H groups in total. The highest BCUT2D eigenvalue weighted by atomic mass is 16.6. The summed E-state index contributed by atoms with van der Waals surface area (Å²) in [7, 11) is 0. The molecule has 4 fully saturated rings. The molecule has 2 saturated carbocycles. The number of esters is 1. The molecule has 2 aliphatic heterocycles. The number of benzene rings is 1. The summed E-state index contributed by atoms with van der Waals surface area (Å²) in [5.41, 5.74) is 0.498. The molecule has 292 valence electrons. The molecule has 6 rings (SSSR count). The van der Waals surface area contributed by atoms with Crippen LogP contribution in [0.5, 0.6) is 5.88 Å². The van der Waals surface area contributed by atoms with Crippen LogP contribution in [0.25, 0.3) is 5.69 Å². The maximum absolute atomic E-state index is 13.9. The second kappa shape index (κ2) is 18.3. The molecule has 2 atom stereocenters. The molecule has 3 heterocycles. The molecule has 2 saturated heterocycles. The van der Waals surface area contributed by atoms with Crippen molar-refractivity contribution in [2.24, 2.45) is 0 Å². The van der Waals surface area contributed by atoms with Crippen LogP contribution < -0.4 is 15.4 Å². The van der Waals surface area contributed by atoms with Gasteiger partial charge in [-0.05, 0) is 83.3 Å². The van der Waals surface area contributed by atoms with Crippen molar-refractivity contribution in [1.29, 1.82) is 0 Å². The number of piperazine rings is 1. The van der Waals surface area contributed by atoms with E-state index in [1.54, 1.807) is 41.0 Å². The number of nitrogens with one attached hydrogen (secondary N) is 2. The summed E-state index contributed by atoms with van der Waals surface area (Å²) in [5, 5.41) is 10.3. The van der Waals surface area contributed by atoms with E-state index in [9.17, 15) is 28.8 Å². The van der Waals surface area contributed by atoms with Gasteiger partial charge in [-0.15, -0.1) is 0 Å². The van der Waals surface area contributed by atoms with Gasteiger partial charge in [0.2, 0.25) is 17.7 Å². The average Bonchev–Trinajstić information content (AvgIpc) is 3.96. The number of aromatic nitrogens is 2. The van der Waals surface area contributed by atoms with Crippen LogP contribution in [-0.2, 0) is 28.7 Å². The normalized spacial score (nSPS) is 19.5. The molecule has 2 unspecified atom stereocenters. The lowest BCUT2D eigenvalue weighted by atomic mass is 9.93. The third-order valence-corrected chi connectivity index (χ3v) is 10.5. The standard InChI is InChI=1S/C38H51N7O9/c1-2-52-38(51)43-22-20-42(21-23-43)37(50)29(17-18-34(47)54-28-14-6-7-15-28)40-35(48)30-24-33(45(41-30)27-12-4-3-5-13-27)53-25-32(46)44-19-9-16-31(44)36(49)39-26-10-8-11-26/h3-5,12-13,24,26,28-29,31H,2,6-11,14-23,25H2,1H3,(H,39,49)(H,40,48). The van der Waals surface area contributed by atoms with E-state index in [0.29, 0.717) is 25.1 Å². The van der Waals surface area contributed by atoms with Gasteiger partial charge in [0.15, 0.2) is 12.3 Å². The molecule has 2 aliphatic carbocycles. The van der Waals surface area contributed by atoms with E-state index >= 15 is 0 Å². The van der Waals surface area contributed by atoms with Crippen LogP contribution in [0.1, 0.15) is 88.0 Å². The Balaban J connectivity index is 1.14. The molecule has 1 aromatic carbocycles. The van der Waals surface area contributed by atoms with Gasteiger partial charge in [0.05, 0.1) is 12.3 Å². The quantitative estimate of drug-likeness (QED) is 0.273. The Labute approximate surface area is 314 Å². The van der Waals surface area contributed by atoms with Crippen LogP contribution in [0.2, 0.25) is 0 Å². The number of rotatable bonds is 14. The smallest absolute Gasteiger partial charge is 0.409 e. The number of nitrogens with zero attached hydrogens (tertiary/aromatic N) is 5. The summed E-state index contributed by atoms with van der Waals surface area (Å²) in [5.74, 6) is -1.89. The van der Waals surface area contributed by atoms with Gasteiger partial charge in [0, 0.05) is 51.3 Å². The van der Waals surface area contributed by atoms with Crippen molar-refractivity contribution in [2.45, 2.75) is 102 Å². The van der Waals surface area contributed by atoms with Crippen LogP contribution in [0.4, 0.5) is 4.79 Å². The van der Waals surface area contributed by atoms with Crippen LogP contribution in [0.15, 0.2) is 36.4 Å². The Hall–Kier alpha value is -5.15. The topological polar surface area (TPSA) is 182 Å². The molecular weight excluding hydrogens is 698 g/mol. The van der Waals surface area contributed by atoms with Crippen molar-refractivity contribution in [1.82, 2.24) is 35.1 Å². The number of ether oxygens (including phenoxy) is 3. The number of para-hydroxylation sites is 1. The predicted molar refractivity (Wildman–Crippen MR) is 194 cm³/mol. The molecular formula is C38H51N7O9. The molecule has 0 spiro atoms. The predicted octanol–water partition coefficient (Wildman–Crippen LogP) is 2.58. The summed E-state index contributed by atoms with van der Waals surface area (Å²) >= 11 is 0. The molecule has 54 heavy (non-hydrogen) atoms. The molecule has 0 radical (unpaired) electrons. The fourth-order valence-corrected chi connectivity index (χ4v) is 7.29. The van der Waals surface area contributed by atoms with Gasteiger partial charge in [0.25, 0.3) is 11.8 Å². The van der Waals surface area contributed by atoms with Gasteiger partial charge in [-0.1, -0.05) is 18.2 Å². The van der Waals surface area contributed by atoms with Gasteiger partial charge in [-0.2, -0.15) is 5.10 Å². The monoisotopic (exact) mass is 749 g/mol. The van der Waals surface area contributed by atoms with Crippen LogP contribution in [-0.4, -0.2) is 130 Å². The lowest BCUT2D eigenvalue weighted by molar-refractivity contribution is -0.149. The van der Waals surface area contributed by atoms with E-state index in [0.717, 1.165) is 44.9 Å². The molecule has 4 aliphatic rings. The van der Waals surface area contributed by atoms with E-state index in [1.807, 2.05) is 6.07 Å². The minimum Gasteiger partial charge on any atom is -0.467 e. The van der Waals surface area contributed by atoms with Crippen LogP contribution in [0.3, 0.4) is 0 Å². The highest BCUT2D eigenvalue weighted by Gasteiger charge is 2.36. The molecule has 16 heteroatoms. The average molecular weight is 750 g/mol. The van der Waals surface area contributed by atoms with Crippen molar-refractivity contribution >= 4 is 35.7 Å². The van der Waals surface area contributed by atoms with E-state index in [2.05, 4.69) is 15.7 Å². The molecule has 1 aromatic heterocycles. The summed E-state index contributed by atoms with van der Waals surface area (Å²) in [6, 6.07) is 8.87. The first-order chi connectivity index (χ1) is 26.2. The maximum atomic E-state index is 13.9. The van der Waals surface area contributed by atoms with Gasteiger partial charge >= 0.3 is 12.1 Å². The Morgan fingerprint density at radius 3 is 2.28 bits per heavy atom. The Kier molecular flexibility index (Phi) is 13.0. The summed E-state index contributed by atoms with van der Waals surface area (Å²) in [4.78, 5) is 83.7. The Morgan fingerprint density at radius 2 is 1.59 bits per heavy atom. The Bertz CT molecular complexity index is 1650.